The Kier molecular flexibility index (Phi) is 5.38. The zero-order valence-electron chi connectivity index (χ0n) is 15.0. The van der Waals surface area contributed by atoms with E-state index in [1.165, 1.54) is 25.9 Å². The van der Waals surface area contributed by atoms with Crippen molar-refractivity contribution in [1.82, 2.24) is 13.8 Å². The van der Waals surface area contributed by atoms with Gasteiger partial charge in [0.2, 0.25) is 10.0 Å². The van der Waals surface area contributed by atoms with E-state index in [0.29, 0.717) is 5.52 Å². The van der Waals surface area contributed by atoms with Crippen LogP contribution in [0.5, 0.6) is 0 Å². The molecule has 1 aromatic heterocycles. The van der Waals surface area contributed by atoms with Crippen LogP contribution >= 0.6 is 0 Å². The van der Waals surface area contributed by atoms with Gasteiger partial charge in [-0.1, -0.05) is 6.08 Å². The molecule has 27 heavy (non-hydrogen) atoms. The molecule has 0 unspecified atom stereocenters. The summed E-state index contributed by atoms with van der Waals surface area (Å²) < 4.78 is 38.6. The zero-order chi connectivity index (χ0) is 19.6. The number of hydrogen-bond donors (Lipinski definition) is 0. The van der Waals surface area contributed by atoms with Gasteiger partial charge in [-0.3, -0.25) is 4.57 Å². The van der Waals surface area contributed by atoms with Gasteiger partial charge in [0, 0.05) is 38.8 Å². The Morgan fingerprint density at radius 3 is 2.63 bits per heavy atom. The molecule has 1 aliphatic heterocycles. The third kappa shape index (κ3) is 3.62. The van der Waals surface area contributed by atoms with Crippen LogP contribution in [0.4, 0.5) is 4.79 Å². The molecule has 3 rings (SSSR count). The van der Waals surface area contributed by atoms with Crippen LogP contribution in [0.15, 0.2) is 45.0 Å². The van der Waals surface area contributed by atoms with Crippen LogP contribution in [0, 0.1) is 0 Å². The summed E-state index contributed by atoms with van der Waals surface area (Å²) in [6.45, 7) is 6.70. The molecule has 10 heteroatoms. The number of aromatic nitrogens is 1. The van der Waals surface area contributed by atoms with Crippen LogP contribution in [0.2, 0.25) is 0 Å². The highest BCUT2D eigenvalue weighted by molar-refractivity contribution is 7.89. The molecule has 146 valence electrons. The van der Waals surface area contributed by atoms with Gasteiger partial charge in [0.1, 0.15) is 0 Å². The van der Waals surface area contributed by atoms with Gasteiger partial charge in [-0.2, -0.15) is 4.31 Å². The topological polar surface area (TPSA) is 102 Å². The normalized spacial score (nSPS) is 15.8. The minimum Gasteiger partial charge on any atom is -0.450 e. The largest absolute Gasteiger partial charge is 0.450 e. The average Bonchev–Trinajstić information content (AvgIpc) is 2.97. The predicted octanol–water partition coefficient (Wildman–Crippen LogP) is 1.24. The lowest BCUT2D eigenvalue weighted by atomic mass is 10.3. The minimum absolute atomic E-state index is 0.0408. The van der Waals surface area contributed by atoms with E-state index in [1.54, 1.807) is 19.1 Å². The molecule has 0 atom stereocenters. The molecule has 0 N–H and O–H groups in total. The predicted molar refractivity (Wildman–Crippen MR) is 98.0 cm³/mol. The highest BCUT2D eigenvalue weighted by Gasteiger charge is 2.31. The second-order valence-corrected chi connectivity index (χ2v) is 7.92. The first-order valence-electron chi connectivity index (χ1n) is 8.54. The van der Waals surface area contributed by atoms with Crippen LogP contribution in [-0.2, 0) is 21.3 Å². The third-order valence-electron chi connectivity index (χ3n) is 4.35. The molecule has 0 saturated carbocycles. The van der Waals surface area contributed by atoms with Crippen LogP contribution in [0.3, 0.4) is 0 Å². The van der Waals surface area contributed by atoms with E-state index in [4.69, 9.17) is 9.15 Å². The van der Waals surface area contributed by atoms with E-state index in [9.17, 15) is 18.0 Å². The lowest BCUT2D eigenvalue weighted by Crippen LogP contribution is -2.50. The highest BCUT2D eigenvalue weighted by Crippen LogP contribution is 2.22. The van der Waals surface area contributed by atoms with Gasteiger partial charge in [0.15, 0.2) is 5.58 Å². The fourth-order valence-corrected chi connectivity index (χ4v) is 4.42. The van der Waals surface area contributed by atoms with Crippen molar-refractivity contribution in [2.24, 2.45) is 0 Å². The monoisotopic (exact) mass is 395 g/mol. The Balaban J connectivity index is 1.82. The first kappa shape index (κ1) is 19.2. The van der Waals surface area contributed by atoms with Crippen LogP contribution in [0.25, 0.3) is 11.1 Å². The van der Waals surface area contributed by atoms with Gasteiger partial charge < -0.3 is 14.1 Å². The maximum Gasteiger partial charge on any atom is 0.420 e. The Bertz CT molecular complexity index is 1010. The summed E-state index contributed by atoms with van der Waals surface area (Å²) in [6, 6.07) is 4.35. The number of hydrogen-bond acceptors (Lipinski definition) is 6. The van der Waals surface area contributed by atoms with E-state index < -0.39 is 21.9 Å². The second kappa shape index (κ2) is 7.57. The summed E-state index contributed by atoms with van der Waals surface area (Å²) >= 11 is 0. The Labute approximate surface area is 156 Å². The SMILES string of the molecule is C=CCn1c(=O)oc2cc(S(=O)(=O)N3CCN(C(=O)OCC)CC3)ccc21. The summed E-state index contributed by atoms with van der Waals surface area (Å²) in [5.41, 5.74) is 0.707. The smallest absolute Gasteiger partial charge is 0.420 e. The summed E-state index contributed by atoms with van der Waals surface area (Å²) in [5.74, 6) is -0.567. The van der Waals surface area contributed by atoms with Crippen molar-refractivity contribution in [3.63, 3.8) is 0 Å². The van der Waals surface area contributed by atoms with Crippen molar-refractivity contribution in [2.75, 3.05) is 32.8 Å². The number of piperazine rings is 1. The van der Waals surface area contributed by atoms with Gasteiger partial charge >= 0.3 is 11.8 Å². The molecule has 1 saturated heterocycles. The molecule has 2 heterocycles. The number of benzene rings is 1. The molecule has 9 nitrogen and oxygen atoms in total. The Morgan fingerprint density at radius 1 is 1.30 bits per heavy atom. The lowest BCUT2D eigenvalue weighted by molar-refractivity contribution is 0.0934. The number of rotatable bonds is 5. The molecule has 2 aromatic rings. The Morgan fingerprint density at radius 2 is 2.00 bits per heavy atom. The van der Waals surface area contributed by atoms with Crippen LogP contribution < -0.4 is 5.76 Å². The highest BCUT2D eigenvalue weighted by atomic mass is 32.2. The number of sulfonamides is 1. The number of nitrogens with zero attached hydrogens (tertiary/aromatic N) is 3. The molecule has 0 aliphatic carbocycles. The summed E-state index contributed by atoms with van der Waals surface area (Å²) in [6.07, 6.45) is 1.12. The molecular weight excluding hydrogens is 374 g/mol. The van der Waals surface area contributed by atoms with E-state index >= 15 is 0 Å². The summed E-state index contributed by atoms with van der Waals surface area (Å²) in [5, 5.41) is 0. The molecular formula is C17H21N3O6S. The molecule has 1 aromatic carbocycles. The molecule has 0 spiro atoms. The van der Waals surface area contributed by atoms with E-state index in [-0.39, 0.29) is 49.8 Å². The number of carbonyl (C=O) groups is 1. The number of ether oxygens (including phenoxy) is 1. The van der Waals surface area contributed by atoms with E-state index in [2.05, 4.69) is 6.58 Å². The van der Waals surface area contributed by atoms with Crippen molar-refractivity contribution < 1.29 is 22.4 Å². The first-order valence-corrected chi connectivity index (χ1v) is 9.98. The maximum absolute atomic E-state index is 12.9. The van der Waals surface area contributed by atoms with Gasteiger partial charge in [0.25, 0.3) is 0 Å². The molecule has 0 bridgehead atoms. The fraction of sp³-hybridized carbons (Fsp3) is 0.412. The van der Waals surface area contributed by atoms with Gasteiger partial charge in [-0.25, -0.2) is 18.0 Å². The second-order valence-electron chi connectivity index (χ2n) is 5.99. The van der Waals surface area contributed by atoms with Gasteiger partial charge in [0.05, 0.1) is 17.0 Å². The van der Waals surface area contributed by atoms with Crippen LogP contribution in [0.1, 0.15) is 6.92 Å². The van der Waals surface area contributed by atoms with Crippen molar-refractivity contribution in [2.45, 2.75) is 18.4 Å². The molecule has 0 radical (unpaired) electrons. The van der Waals surface area contributed by atoms with E-state index in [1.807, 2.05) is 0 Å². The molecule has 1 fully saturated rings. The van der Waals surface area contributed by atoms with Crippen molar-refractivity contribution in [3.8, 4) is 0 Å². The number of carbonyl (C=O) groups excluding carboxylic acids is 1. The van der Waals surface area contributed by atoms with Crippen molar-refractivity contribution >= 4 is 27.2 Å². The Hall–Kier alpha value is -2.59. The maximum atomic E-state index is 12.9. The van der Waals surface area contributed by atoms with Crippen molar-refractivity contribution in [3.05, 3.63) is 41.4 Å². The standard InChI is InChI=1S/C17H21N3O6S/c1-3-7-20-14-6-5-13(12-15(14)26-17(20)22)27(23,24)19-10-8-18(9-11-19)16(21)25-4-2/h3,5-6,12H,1,4,7-11H2,2H3. The molecule has 1 aliphatic rings. The van der Waals surface area contributed by atoms with E-state index in [0.717, 1.165) is 0 Å². The number of allylic oxidation sites excluding steroid dienone is 1. The third-order valence-corrected chi connectivity index (χ3v) is 6.25. The lowest BCUT2D eigenvalue weighted by Gasteiger charge is -2.33. The average molecular weight is 395 g/mol. The van der Waals surface area contributed by atoms with Crippen molar-refractivity contribution in [1.29, 1.82) is 0 Å². The van der Waals surface area contributed by atoms with Gasteiger partial charge in [-0.05, 0) is 19.1 Å². The summed E-state index contributed by atoms with van der Waals surface area (Å²) in [4.78, 5) is 25.1. The van der Waals surface area contributed by atoms with Gasteiger partial charge in [-0.15, -0.1) is 6.58 Å². The summed E-state index contributed by atoms with van der Waals surface area (Å²) in [7, 11) is -3.77. The number of fused-ring (bicyclic) bond motifs is 1. The quantitative estimate of drug-likeness (QED) is 0.706. The first-order chi connectivity index (χ1) is 12.9. The zero-order valence-corrected chi connectivity index (χ0v) is 15.8. The molecule has 1 amide bonds. The van der Waals surface area contributed by atoms with Crippen LogP contribution in [-0.4, -0.2) is 61.1 Å². The fourth-order valence-electron chi connectivity index (χ4n) is 2.98. The number of oxazole rings is 1. The number of amides is 1. The minimum atomic E-state index is -3.77.